The largest absolute Gasteiger partial charge is 0.329 e. The summed E-state index contributed by atoms with van der Waals surface area (Å²) in [4.78, 5) is 2.48. The minimum Gasteiger partial charge on any atom is -0.329 e. The lowest BCUT2D eigenvalue weighted by Gasteiger charge is -2.38. The quantitative estimate of drug-likeness (QED) is 0.888. The minimum absolute atomic E-state index is 0.304. The molecule has 0 radical (unpaired) electrons. The van der Waals surface area contributed by atoms with Crippen LogP contribution >= 0.6 is 0 Å². The van der Waals surface area contributed by atoms with Crippen LogP contribution in [-0.2, 0) is 6.54 Å². The van der Waals surface area contributed by atoms with Gasteiger partial charge in [0.25, 0.3) is 0 Å². The first kappa shape index (κ1) is 14.5. The second-order valence-electron chi connectivity index (χ2n) is 5.96. The van der Waals surface area contributed by atoms with Gasteiger partial charge in [-0.25, -0.2) is 0 Å². The predicted molar refractivity (Wildman–Crippen MR) is 78.9 cm³/mol. The van der Waals surface area contributed by atoms with Crippen molar-refractivity contribution in [3.63, 3.8) is 0 Å². The number of nitrogens with two attached hydrogens (primary N) is 1. The minimum atomic E-state index is 0.304. The summed E-state index contributed by atoms with van der Waals surface area (Å²) in [6.07, 6.45) is 9.41. The Hall–Kier alpha value is -0.870. The van der Waals surface area contributed by atoms with Crippen molar-refractivity contribution in [3.05, 3.63) is 18.0 Å². The number of aromatic nitrogens is 2. The summed E-state index contributed by atoms with van der Waals surface area (Å²) in [5.74, 6) is 0.892. The lowest BCUT2D eigenvalue weighted by atomic mass is 9.86. The van der Waals surface area contributed by atoms with Crippen LogP contribution in [0.15, 0.2) is 12.4 Å². The fraction of sp³-hybridized carbons (Fsp3) is 0.800. The topological polar surface area (TPSA) is 47.1 Å². The van der Waals surface area contributed by atoms with E-state index in [9.17, 15) is 0 Å². The van der Waals surface area contributed by atoms with Gasteiger partial charge in [-0.2, -0.15) is 5.10 Å². The summed E-state index contributed by atoms with van der Waals surface area (Å²) in [6, 6.07) is 0.980. The van der Waals surface area contributed by atoms with Crippen LogP contribution in [-0.4, -0.2) is 34.3 Å². The van der Waals surface area contributed by atoms with E-state index in [1.807, 2.05) is 10.9 Å². The second kappa shape index (κ2) is 6.53. The number of rotatable bonds is 5. The molecule has 1 atom stereocenters. The highest BCUT2D eigenvalue weighted by molar-refractivity contribution is 5.11. The van der Waals surface area contributed by atoms with Gasteiger partial charge in [0.2, 0.25) is 0 Å². The molecule has 19 heavy (non-hydrogen) atoms. The van der Waals surface area contributed by atoms with E-state index in [0.29, 0.717) is 18.6 Å². The first-order valence-corrected chi connectivity index (χ1v) is 7.60. The molecule has 0 aromatic carbocycles. The monoisotopic (exact) mass is 264 g/mol. The molecular formula is C15H28N4. The average Bonchev–Trinajstić information content (AvgIpc) is 2.89. The van der Waals surface area contributed by atoms with Crippen molar-refractivity contribution in [1.29, 1.82) is 0 Å². The van der Waals surface area contributed by atoms with Crippen molar-refractivity contribution in [2.75, 3.05) is 13.6 Å². The van der Waals surface area contributed by atoms with Crippen LogP contribution in [0.3, 0.4) is 0 Å². The Morgan fingerprint density at radius 3 is 2.63 bits per heavy atom. The fourth-order valence-electron chi connectivity index (χ4n) is 3.17. The number of aryl methyl sites for hydroxylation is 1. The lowest BCUT2D eigenvalue weighted by molar-refractivity contribution is 0.126. The molecule has 0 bridgehead atoms. The lowest BCUT2D eigenvalue weighted by Crippen LogP contribution is -2.40. The highest BCUT2D eigenvalue weighted by atomic mass is 15.3. The van der Waals surface area contributed by atoms with Crippen molar-refractivity contribution in [2.45, 2.75) is 58.2 Å². The van der Waals surface area contributed by atoms with Gasteiger partial charge in [0.1, 0.15) is 0 Å². The van der Waals surface area contributed by atoms with Crippen LogP contribution in [0.4, 0.5) is 0 Å². The van der Waals surface area contributed by atoms with Gasteiger partial charge in [-0.15, -0.1) is 0 Å². The van der Waals surface area contributed by atoms with Crippen LogP contribution in [0.25, 0.3) is 0 Å². The summed E-state index contributed by atoms with van der Waals surface area (Å²) in [6.45, 7) is 6.06. The zero-order chi connectivity index (χ0) is 13.8. The predicted octanol–water partition coefficient (Wildman–Crippen LogP) is 2.41. The zero-order valence-electron chi connectivity index (χ0n) is 12.5. The van der Waals surface area contributed by atoms with E-state index in [2.05, 4.69) is 37.1 Å². The molecule has 1 heterocycles. The highest BCUT2D eigenvalue weighted by Crippen LogP contribution is 2.30. The van der Waals surface area contributed by atoms with Gasteiger partial charge in [-0.1, -0.05) is 6.92 Å². The Bertz CT molecular complexity index is 379. The first-order chi connectivity index (χ1) is 9.15. The average molecular weight is 264 g/mol. The molecule has 0 aliphatic heterocycles. The van der Waals surface area contributed by atoms with E-state index in [1.54, 1.807) is 0 Å². The maximum atomic E-state index is 6.01. The summed E-state index contributed by atoms with van der Waals surface area (Å²) < 4.78 is 1.98. The van der Waals surface area contributed by atoms with Crippen molar-refractivity contribution in [3.8, 4) is 0 Å². The van der Waals surface area contributed by atoms with Crippen LogP contribution in [0.5, 0.6) is 0 Å². The third kappa shape index (κ3) is 3.37. The molecule has 1 aromatic heterocycles. The van der Waals surface area contributed by atoms with E-state index < -0.39 is 0 Å². The van der Waals surface area contributed by atoms with Gasteiger partial charge in [0.15, 0.2) is 0 Å². The Morgan fingerprint density at radius 2 is 2.11 bits per heavy atom. The SMILES string of the molecule is CCn1cc(C(CN)N(C)C2CCC(C)CC2)cn1. The Morgan fingerprint density at radius 1 is 1.42 bits per heavy atom. The van der Waals surface area contributed by atoms with E-state index in [0.717, 1.165) is 12.5 Å². The standard InChI is InChI=1S/C15H28N4/c1-4-19-11-13(10-17-19)15(9-16)18(3)14-7-5-12(2)6-8-14/h10-12,14-15H,4-9,16H2,1-3H3. The van der Waals surface area contributed by atoms with Gasteiger partial charge in [-0.3, -0.25) is 9.58 Å². The summed E-state index contributed by atoms with van der Waals surface area (Å²) in [5, 5.41) is 4.38. The molecule has 1 aliphatic rings. The van der Waals surface area contributed by atoms with Crippen LogP contribution in [0.2, 0.25) is 0 Å². The molecule has 1 unspecified atom stereocenters. The molecule has 0 saturated heterocycles. The molecule has 0 amide bonds. The number of likely N-dealkylation sites (N-methyl/N-ethyl adjacent to an activating group) is 1. The molecule has 0 spiro atoms. The second-order valence-corrected chi connectivity index (χ2v) is 5.96. The van der Waals surface area contributed by atoms with Crippen molar-refractivity contribution in [2.24, 2.45) is 11.7 Å². The molecule has 1 aromatic rings. The Kier molecular flexibility index (Phi) is 4.99. The van der Waals surface area contributed by atoms with Gasteiger partial charge < -0.3 is 5.73 Å². The van der Waals surface area contributed by atoms with Crippen LogP contribution in [0.1, 0.15) is 51.1 Å². The number of hydrogen-bond acceptors (Lipinski definition) is 3. The molecule has 2 N–H and O–H groups in total. The Balaban J connectivity index is 2.04. The smallest absolute Gasteiger partial charge is 0.0538 e. The maximum Gasteiger partial charge on any atom is 0.0538 e. The van der Waals surface area contributed by atoms with Gasteiger partial charge in [-0.05, 0) is 45.6 Å². The third-order valence-corrected chi connectivity index (χ3v) is 4.64. The highest BCUT2D eigenvalue weighted by Gasteiger charge is 2.27. The third-order valence-electron chi connectivity index (χ3n) is 4.64. The number of nitrogens with zero attached hydrogens (tertiary/aromatic N) is 3. The molecular weight excluding hydrogens is 236 g/mol. The first-order valence-electron chi connectivity index (χ1n) is 7.60. The van der Waals surface area contributed by atoms with E-state index >= 15 is 0 Å². The van der Waals surface area contributed by atoms with E-state index in [1.165, 1.54) is 31.2 Å². The van der Waals surface area contributed by atoms with Crippen molar-refractivity contribution >= 4 is 0 Å². The normalized spacial score (nSPS) is 25.7. The van der Waals surface area contributed by atoms with Gasteiger partial charge in [0, 0.05) is 30.9 Å². The van der Waals surface area contributed by atoms with Gasteiger partial charge >= 0.3 is 0 Å². The van der Waals surface area contributed by atoms with E-state index in [-0.39, 0.29) is 0 Å². The van der Waals surface area contributed by atoms with Crippen molar-refractivity contribution in [1.82, 2.24) is 14.7 Å². The molecule has 4 heteroatoms. The van der Waals surface area contributed by atoms with Gasteiger partial charge in [0.05, 0.1) is 12.2 Å². The molecule has 1 saturated carbocycles. The molecule has 4 nitrogen and oxygen atoms in total. The molecule has 2 rings (SSSR count). The Labute approximate surface area is 117 Å². The van der Waals surface area contributed by atoms with Crippen LogP contribution in [0, 0.1) is 5.92 Å². The fourth-order valence-corrected chi connectivity index (χ4v) is 3.17. The van der Waals surface area contributed by atoms with E-state index in [4.69, 9.17) is 5.73 Å². The van der Waals surface area contributed by atoms with Crippen molar-refractivity contribution < 1.29 is 0 Å². The maximum absolute atomic E-state index is 6.01. The molecule has 1 aliphatic carbocycles. The molecule has 108 valence electrons. The van der Waals surface area contributed by atoms with Crippen LogP contribution < -0.4 is 5.73 Å². The number of hydrogen-bond donors (Lipinski definition) is 1. The summed E-state index contributed by atoms with van der Waals surface area (Å²) >= 11 is 0. The zero-order valence-corrected chi connectivity index (χ0v) is 12.5. The summed E-state index contributed by atoms with van der Waals surface area (Å²) in [7, 11) is 2.22. The summed E-state index contributed by atoms with van der Waals surface area (Å²) in [5.41, 5.74) is 7.27. The molecule has 1 fully saturated rings.